The molecule has 2 aromatic carbocycles. The molecule has 7 heterocycles. The number of methoxy groups -OCH3 is 3. The molecule has 0 radical (unpaired) electrons. The van der Waals surface area contributed by atoms with Crippen molar-refractivity contribution in [2.45, 2.75) is 31.3 Å². The lowest BCUT2D eigenvalue weighted by Gasteiger charge is -2.46. The maximum atomic E-state index is 13.6. The number of likely N-dealkylation sites (tertiary alicyclic amines) is 1. The van der Waals surface area contributed by atoms with Gasteiger partial charge in [0.1, 0.15) is 29.7 Å². The molecule has 16 heteroatoms. The number of hydrogen-bond donors (Lipinski definition) is 0. The van der Waals surface area contributed by atoms with Crippen LogP contribution >= 0.6 is 11.8 Å². The Hall–Kier alpha value is -5.48. The lowest BCUT2D eigenvalue weighted by Crippen LogP contribution is -2.51. The Balaban J connectivity index is 0.000000164. The summed E-state index contributed by atoms with van der Waals surface area (Å²) < 4.78 is 55.9. The van der Waals surface area contributed by atoms with E-state index in [0.717, 1.165) is 72.6 Å². The molecule has 0 amide bonds. The van der Waals surface area contributed by atoms with Gasteiger partial charge >= 0.3 is 0 Å². The minimum Gasteiger partial charge on any atom is -0.493 e. The predicted molar refractivity (Wildman–Crippen MR) is 217 cm³/mol. The van der Waals surface area contributed by atoms with Crippen LogP contribution in [0.2, 0.25) is 0 Å². The zero-order valence-corrected chi connectivity index (χ0v) is 33.7. The average molecular weight is 813 g/mol. The van der Waals surface area contributed by atoms with Crippen LogP contribution in [-0.4, -0.2) is 102 Å². The first-order valence-electron chi connectivity index (χ1n) is 19.3. The number of nitrogens with zero attached hydrogens (tertiary/aromatic N) is 8. The van der Waals surface area contributed by atoms with Gasteiger partial charge in [0.05, 0.1) is 51.2 Å². The van der Waals surface area contributed by atoms with Gasteiger partial charge in [-0.15, -0.1) is 10.2 Å². The van der Waals surface area contributed by atoms with Crippen LogP contribution in [0.5, 0.6) is 23.3 Å². The Labute approximate surface area is 340 Å². The molecule has 5 aromatic rings. The number of pyridine rings is 2. The molecular formula is C42H46F2N8O5S. The third-order valence-electron chi connectivity index (χ3n) is 11.1. The fourth-order valence-corrected chi connectivity index (χ4v) is 8.76. The van der Waals surface area contributed by atoms with Crippen LogP contribution in [0.1, 0.15) is 41.6 Å². The van der Waals surface area contributed by atoms with Crippen LogP contribution in [0.3, 0.4) is 0 Å². The zero-order valence-electron chi connectivity index (χ0n) is 32.9. The summed E-state index contributed by atoms with van der Waals surface area (Å²) in [5, 5.41) is 9.76. The summed E-state index contributed by atoms with van der Waals surface area (Å²) in [6.45, 7) is 5.19. The molecule has 3 aromatic heterocycles. The monoisotopic (exact) mass is 812 g/mol. The standard InChI is InChI=1S/C22H24FN5O3.C20H22FN3O2S/c1-29-13-20-25-26-22(28(20)16-4-6-21(30-2)24-10-16)27-11-14(12-27)17-7-8-31-19-9-15(23)3-5-18(17)19;1-25-19-6-4-15(10-22-19)23-20(27-2)24-11-13(12-24)16-7-8-26-18-9-14(21)3-5-17(16)18/h3-6,9-10,14,17H,7-8,11-13H2,1-2H3;3-6,9-10,13,16H,7-8,11-12H2,1-2H3. The van der Waals surface area contributed by atoms with Crippen LogP contribution in [0.4, 0.5) is 20.4 Å². The second kappa shape index (κ2) is 17.6. The molecule has 0 aliphatic carbocycles. The summed E-state index contributed by atoms with van der Waals surface area (Å²) in [6.07, 6.45) is 7.41. The van der Waals surface area contributed by atoms with E-state index in [1.165, 1.54) is 24.3 Å². The number of rotatable bonds is 9. The number of ether oxygens (including phenoxy) is 5. The fourth-order valence-electron chi connectivity index (χ4n) is 8.15. The van der Waals surface area contributed by atoms with Crippen molar-refractivity contribution in [3.05, 3.63) is 102 Å². The molecule has 2 atom stereocenters. The number of aliphatic imine (C=N–C) groups is 1. The molecule has 4 aliphatic heterocycles. The van der Waals surface area contributed by atoms with Crippen LogP contribution in [-0.2, 0) is 11.3 Å². The van der Waals surface area contributed by atoms with Gasteiger partial charge in [-0.25, -0.2) is 23.7 Å². The summed E-state index contributed by atoms with van der Waals surface area (Å²) in [4.78, 5) is 17.7. The van der Waals surface area contributed by atoms with Crippen molar-refractivity contribution < 1.29 is 32.5 Å². The number of fused-ring (bicyclic) bond motifs is 2. The molecule has 0 spiro atoms. The smallest absolute Gasteiger partial charge is 0.232 e. The quantitative estimate of drug-likeness (QED) is 0.112. The van der Waals surface area contributed by atoms with Crippen LogP contribution in [0, 0.1) is 23.5 Å². The highest BCUT2D eigenvalue weighted by molar-refractivity contribution is 8.13. The van der Waals surface area contributed by atoms with Crippen molar-refractivity contribution in [2.24, 2.45) is 16.8 Å². The molecular weight excluding hydrogens is 767 g/mol. The van der Waals surface area contributed by atoms with E-state index in [2.05, 4.69) is 30.0 Å². The molecule has 2 saturated heterocycles. The number of hydrogen-bond acceptors (Lipinski definition) is 12. The number of amidine groups is 1. The van der Waals surface area contributed by atoms with E-state index in [1.807, 2.05) is 47.2 Å². The van der Waals surface area contributed by atoms with Crippen molar-refractivity contribution in [2.75, 3.05) is 71.9 Å². The van der Waals surface area contributed by atoms with Gasteiger partial charge in [0.25, 0.3) is 0 Å². The first kappa shape index (κ1) is 39.4. The molecule has 2 unspecified atom stereocenters. The van der Waals surface area contributed by atoms with Crippen molar-refractivity contribution in [1.82, 2.24) is 29.6 Å². The lowest BCUT2D eigenvalue weighted by atomic mass is 9.78. The highest BCUT2D eigenvalue weighted by Gasteiger charge is 2.40. The van der Waals surface area contributed by atoms with E-state index in [0.29, 0.717) is 72.6 Å². The van der Waals surface area contributed by atoms with E-state index < -0.39 is 0 Å². The topological polar surface area (TPSA) is 121 Å². The number of anilines is 1. The maximum absolute atomic E-state index is 13.6. The predicted octanol–water partition coefficient (Wildman–Crippen LogP) is 7.04. The van der Waals surface area contributed by atoms with Gasteiger partial charge in [-0.05, 0) is 66.3 Å². The van der Waals surface area contributed by atoms with Gasteiger partial charge in [-0.3, -0.25) is 4.57 Å². The first-order valence-corrected chi connectivity index (χ1v) is 20.5. The Morgan fingerprint density at radius 3 is 1.91 bits per heavy atom. The molecule has 304 valence electrons. The second-order valence-electron chi connectivity index (χ2n) is 14.6. The molecule has 0 N–H and O–H groups in total. The number of halogens is 2. The highest BCUT2D eigenvalue weighted by Crippen LogP contribution is 2.44. The minimum atomic E-state index is -0.262. The molecule has 58 heavy (non-hydrogen) atoms. The van der Waals surface area contributed by atoms with Crippen LogP contribution < -0.4 is 23.8 Å². The van der Waals surface area contributed by atoms with Gasteiger partial charge in [0.15, 0.2) is 11.0 Å². The number of benzene rings is 2. The summed E-state index contributed by atoms with van der Waals surface area (Å²) in [6, 6.07) is 17.2. The largest absolute Gasteiger partial charge is 0.493 e. The normalized spacial score (nSPS) is 19.0. The van der Waals surface area contributed by atoms with Gasteiger partial charge in [0.2, 0.25) is 17.7 Å². The maximum Gasteiger partial charge on any atom is 0.232 e. The minimum absolute atomic E-state index is 0.241. The Morgan fingerprint density at radius 2 is 1.38 bits per heavy atom. The van der Waals surface area contributed by atoms with Crippen LogP contribution in [0.25, 0.3) is 5.69 Å². The second-order valence-corrected chi connectivity index (χ2v) is 15.4. The average Bonchev–Trinajstić information content (AvgIpc) is 3.62. The van der Waals surface area contributed by atoms with Gasteiger partial charge in [-0.1, -0.05) is 23.9 Å². The van der Waals surface area contributed by atoms with Crippen molar-refractivity contribution in [3.8, 4) is 28.9 Å². The number of aromatic nitrogens is 5. The molecule has 9 rings (SSSR count). The lowest BCUT2D eigenvalue weighted by molar-refractivity contribution is 0.132. The Kier molecular flexibility index (Phi) is 11.9. The first-order chi connectivity index (χ1) is 28.3. The van der Waals surface area contributed by atoms with Crippen LogP contribution in [0.15, 0.2) is 78.0 Å². The van der Waals surface area contributed by atoms with E-state index in [-0.39, 0.29) is 11.6 Å². The molecule has 13 nitrogen and oxygen atoms in total. The summed E-state index contributed by atoms with van der Waals surface area (Å²) in [5.74, 6) is 5.20. The van der Waals surface area contributed by atoms with E-state index in [4.69, 9.17) is 28.7 Å². The van der Waals surface area contributed by atoms with Gasteiger partial charge in [0, 0.05) is 69.4 Å². The highest BCUT2D eigenvalue weighted by atomic mass is 32.2. The van der Waals surface area contributed by atoms with E-state index >= 15 is 0 Å². The van der Waals surface area contributed by atoms with E-state index in [1.54, 1.807) is 45.5 Å². The third-order valence-corrected chi connectivity index (χ3v) is 11.9. The summed E-state index contributed by atoms with van der Waals surface area (Å²) in [5.41, 5.74) is 3.89. The fraction of sp³-hybridized carbons (Fsp3) is 0.405. The van der Waals surface area contributed by atoms with Gasteiger partial charge in [-0.2, -0.15) is 0 Å². The molecule has 2 fully saturated rings. The van der Waals surface area contributed by atoms with Crippen molar-refractivity contribution in [1.29, 1.82) is 0 Å². The number of thioether (sulfide) groups is 1. The van der Waals surface area contributed by atoms with Crippen molar-refractivity contribution in [3.63, 3.8) is 0 Å². The Morgan fingerprint density at radius 1 is 0.776 bits per heavy atom. The van der Waals surface area contributed by atoms with Gasteiger partial charge < -0.3 is 33.5 Å². The Bertz CT molecular complexity index is 2210. The van der Waals surface area contributed by atoms with Crippen molar-refractivity contribution >= 4 is 28.6 Å². The zero-order chi connectivity index (χ0) is 40.2. The van der Waals surface area contributed by atoms with E-state index in [9.17, 15) is 8.78 Å². The molecule has 4 aliphatic rings. The molecule has 0 bridgehead atoms. The summed E-state index contributed by atoms with van der Waals surface area (Å²) in [7, 11) is 4.82. The summed E-state index contributed by atoms with van der Waals surface area (Å²) >= 11 is 1.64. The molecule has 0 saturated carbocycles. The SMILES string of the molecule is COCc1nnc(N2CC(C3CCOc4cc(F)ccc43)C2)n1-c1ccc(OC)nc1.COc1ccc(N=C(SC)N2CC(C3CCOc4cc(F)ccc43)C2)cn1. The third kappa shape index (κ3) is 8.25.